The molecule has 0 radical (unpaired) electrons. The van der Waals surface area contributed by atoms with Gasteiger partial charge >= 0.3 is 5.97 Å². The van der Waals surface area contributed by atoms with Gasteiger partial charge in [0.25, 0.3) is 0 Å². The van der Waals surface area contributed by atoms with Gasteiger partial charge in [0.1, 0.15) is 11.6 Å². The van der Waals surface area contributed by atoms with Crippen LogP contribution in [-0.2, 0) is 16.1 Å². The Labute approximate surface area is 190 Å². The number of carbonyl (C=O) groups is 1. The molecule has 3 aromatic rings. The molecule has 0 saturated heterocycles. The van der Waals surface area contributed by atoms with E-state index in [4.69, 9.17) is 22.1 Å². The quantitative estimate of drug-likeness (QED) is 0.315. The van der Waals surface area contributed by atoms with Crippen molar-refractivity contribution in [2.45, 2.75) is 6.61 Å². The summed E-state index contributed by atoms with van der Waals surface area (Å²) in [4.78, 5) is 26.5. The molecule has 0 bridgehead atoms. The van der Waals surface area contributed by atoms with Crippen molar-refractivity contribution in [2.75, 3.05) is 30.0 Å². The molecule has 3 rings (SSSR count). The van der Waals surface area contributed by atoms with Gasteiger partial charge in [0.05, 0.1) is 0 Å². The number of nitrogens with zero attached hydrogens (tertiary/aromatic N) is 5. The molecule has 0 atom stereocenters. The molecule has 0 amide bonds. The summed E-state index contributed by atoms with van der Waals surface area (Å²) in [5.74, 6) is -0.521. The summed E-state index contributed by atoms with van der Waals surface area (Å²) in [5, 5.41) is 12.9. The van der Waals surface area contributed by atoms with E-state index in [0.29, 0.717) is 16.3 Å². The fraction of sp³-hybridized carbons (Fsp3) is 0.136. The third kappa shape index (κ3) is 6.17. The fourth-order valence-electron chi connectivity index (χ4n) is 2.60. The molecule has 0 aliphatic carbocycles. The van der Waals surface area contributed by atoms with Gasteiger partial charge in [-0.3, -0.25) is 0 Å². The number of nitriles is 1. The average molecular weight is 450 g/mol. The van der Waals surface area contributed by atoms with Crippen molar-refractivity contribution in [1.82, 2.24) is 15.0 Å². The van der Waals surface area contributed by atoms with E-state index in [2.05, 4.69) is 20.3 Å². The Bertz CT molecular complexity index is 1170. The van der Waals surface area contributed by atoms with Crippen LogP contribution in [0.2, 0.25) is 5.02 Å². The monoisotopic (exact) mass is 449 g/mol. The SMILES string of the molecule is CN(C)c1ccc(C=C(C#N)C(=O)OCc2nc(N)nc(Nc3ccc(Cl)cc3)n2)cc1. The first kappa shape index (κ1) is 22.5. The molecular weight excluding hydrogens is 430 g/mol. The Kier molecular flexibility index (Phi) is 7.21. The second-order valence-corrected chi connectivity index (χ2v) is 7.23. The van der Waals surface area contributed by atoms with Crippen LogP contribution in [0.4, 0.5) is 23.3 Å². The standard InChI is InChI=1S/C22H20ClN7O2/c1-30(2)18-9-3-14(4-10-18)11-15(12-24)20(31)32-13-19-27-21(25)29-22(28-19)26-17-7-5-16(23)6-8-17/h3-11H,13H2,1-2H3,(H3,25,26,27,28,29). The molecule has 1 heterocycles. The molecule has 0 aliphatic heterocycles. The summed E-state index contributed by atoms with van der Waals surface area (Å²) in [6.07, 6.45) is 1.46. The topological polar surface area (TPSA) is 130 Å². The second kappa shape index (κ2) is 10.2. The highest BCUT2D eigenvalue weighted by Gasteiger charge is 2.13. The average Bonchev–Trinajstić information content (AvgIpc) is 2.77. The van der Waals surface area contributed by atoms with Crippen LogP contribution in [0, 0.1) is 11.3 Å². The van der Waals surface area contributed by atoms with Gasteiger partial charge in [-0.25, -0.2) is 4.79 Å². The number of anilines is 4. The first-order valence-electron chi connectivity index (χ1n) is 9.43. The van der Waals surface area contributed by atoms with Crippen molar-refractivity contribution in [3.8, 4) is 6.07 Å². The smallest absolute Gasteiger partial charge is 0.349 e. The summed E-state index contributed by atoms with van der Waals surface area (Å²) >= 11 is 5.88. The normalized spacial score (nSPS) is 10.9. The maximum Gasteiger partial charge on any atom is 0.349 e. The van der Waals surface area contributed by atoms with E-state index in [1.54, 1.807) is 36.4 Å². The summed E-state index contributed by atoms with van der Waals surface area (Å²) in [7, 11) is 3.85. The molecule has 3 N–H and O–H groups in total. The van der Waals surface area contributed by atoms with Gasteiger partial charge in [-0.1, -0.05) is 23.7 Å². The Morgan fingerprint density at radius 2 is 1.84 bits per heavy atom. The highest BCUT2D eigenvalue weighted by Crippen LogP contribution is 2.18. The Hall–Kier alpha value is -4.16. The lowest BCUT2D eigenvalue weighted by Crippen LogP contribution is -2.12. The van der Waals surface area contributed by atoms with Crippen molar-refractivity contribution in [3.63, 3.8) is 0 Å². The molecule has 0 fully saturated rings. The molecule has 9 nitrogen and oxygen atoms in total. The predicted molar refractivity (Wildman–Crippen MR) is 123 cm³/mol. The molecule has 32 heavy (non-hydrogen) atoms. The van der Waals surface area contributed by atoms with Crippen molar-refractivity contribution in [1.29, 1.82) is 5.26 Å². The maximum atomic E-state index is 12.4. The predicted octanol–water partition coefficient (Wildman–Crippen LogP) is 3.57. The number of halogens is 1. The van der Waals surface area contributed by atoms with Gasteiger partial charge in [0, 0.05) is 30.5 Å². The van der Waals surface area contributed by atoms with Gasteiger partial charge in [-0.15, -0.1) is 0 Å². The van der Waals surface area contributed by atoms with Crippen LogP contribution in [0.5, 0.6) is 0 Å². The van der Waals surface area contributed by atoms with Crippen LogP contribution in [0.1, 0.15) is 11.4 Å². The van der Waals surface area contributed by atoms with Crippen LogP contribution in [0.25, 0.3) is 6.08 Å². The largest absolute Gasteiger partial charge is 0.453 e. The summed E-state index contributed by atoms with van der Waals surface area (Å²) in [6, 6.07) is 16.2. The number of hydrogen-bond acceptors (Lipinski definition) is 9. The molecule has 10 heteroatoms. The molecule has 0 spiro atoms. The number of benzene rings is 2. The van der Waals surface area contributed by atoms with E-state index in [-0.39, 0.29) is 29.9 Å². The molecule has 0 unspecified atom stereocenters. The zero-order chi connectivity index (χ0) is 23.1. The lowest BCUT2D eigenvalue weighted by molar-refractivity contribution is -0.139. The van der Waals surface area contributed by atoms with Crippen molar-refractivity contribution < 1.29 is 9.53 Å². The van der Waals surface area contributed by atoms with Crippen LogP contribution < -0.4 is 16.0 Å². The lowest BCUT2D eigenvalue weighted by Gasteiger charge is -2.11. The Balaban J connectivity index is 1.68. The third-order valence-corrected chi connectivity index (χ3v) is 4.44. The third-order valence-electron chi connectivity index (χ3n) is 4.19. The minimum Gasteiger partial charge on any atom is -0.453 e. The number of rotatable bonds is 7. The maximum absolute atomic E-state index is 12.4. The molecular formula is C22H20ClN7O2. The minimum absolute atomic E-state index is 0.0421. The first-order chi connectivity index (χ1) is 15.3. The van der Waals surface area contributed by atoms with E-state index >= 15 is 0 Å². The number of nitrogens with one attached hydrogen (secondary N) is 1. The molecule has 162 valence electrons. The van der Waals surface area contributed by atoms with Crippen molar-refractivity contribution >= 4 is 46.9 Å². The number of esters is 1. The summed E-state index contributed by atoms with van der Waals surface area (Å²) in [5.41, 5.74) is 7.97. The van der Waals surface area contributed by atoms with Gasteiger partial charge in [0.15, 0.2) is 12.4 Å². The number of nitrogen functional groups attached to an aromatic ring is 1. The number of hydrogen-bond donors (Lipinski definition) is 2. The van der Waals surface area contributed by atoms with E-state index in [1.165, 1.54) is 6.08 Å². The van der Waals surface area contributed by atoms with Crippen LogP contribution in [0.15, 0.2) is 54.1 Å². The zero-order valence-corrected chi connectivity index (χ0v) is 18.2. The van der Waals surface area contributed by atoms with Gasteiger partial charge < -0.3 is 20.7 Å². The van der Waals surface area contributed by atoms with Crippen LogP contribution >= 0.6 is 11.6 Å². The summed E-state index contributed by atoms with van der Waals surface area (Å²) < 4.78 is 5.20. The van der Waals surface area contributed by atoms with Crippen molar-refractivity contribution in [3.05, 3.63) is 70.5 Å². The molecule has 0 saturated carbocycles. The Morgan fingerprint density at radius 1 is 1.16 bits per heavy atom. The number of ether oxygens (including phenoxy) is 1. The van der Waals surface area contributed by atoms with E-state index < -0.39 is 5.97 Å². The number of aromatic nitrogens is 3. The molecule has 1 aromatic heterocycles. The highest BCUT2D eigenvalue weighted by molar-refractivity contribution is 6.30. The molecule has 2 aromatic carbocycles. The van der Waals surface area contributed by atoms with E-state index in [9.17, 15) is 10.1 Å². The first-order valence-corrected chi connectivity index (χ1v) is 9.81. The number of nitrogens with two attached hydrogens (primary N) is 1. The van der Waals surface area contributed by atoms with Crippen LogP contribution in [-0.4, -0.2) is 35.0 Å². The fourth-order valence-corrected chi connectivity index (χ4v) is 2.73. The minimum atomic E-state index is -0.796. The molecule has 0 aliphatic rings. The lowest BCUT2D eigenvalue weighted by atomic mass is 10.1. The van der Waals surface area contributed by atoms with Gasteiger partial charge in [0.2, 0.25) is 11.9 Å². The van der Waals surface area contributed by atoms with Crippen LogP contribution in [0.3, 0.4) is 0 Å². The highest BCUT2D eigenvalue weighted by atomic mass is 35.5. The van der Waals surface area contributed by atoms with Crippen molar-refractivity contribution in [2.24, 2.45) is 0 Å². The number of carbonyl (C=O) groups excluding carboxylic acids is 1. The summed E-state index contributed by atoms with van der Waals surface area (Å²) in [6.45, 7) is -0.278. The second-order valence-electron chi connectivity index (χ2n) is 6.80. The Morgan fingerprint density at radius 3 is 2.47 bits per heavy atom. The zero-order valence-electron chi connectivity index (χ0n) is 17.4. The van der Waals surface area contributed by atoms with Gasteiger partial charge in [-0.05, 0) is 48.0 Å². The van der Waals surface area contributed by atoms with E-state index in [1.807, 2.05) is 37.2 Å². The van der Waals surface area contributed by atoms with E-state index in [0.717, 1.165) is 5.69 Å². The van der Waals surface area contributed by atoms with Gasteiger partial charge in [-0.2, -0.15) is 20.2 Å².